The van der Waals surface area contributed by atoms with E-state index in [4.69, 9.17) is 38.9 Å². The van der Waals surface area contributed by atoms with Gasteiger partial charge in [0, 0.05) is 108 Å². The van der Waals surface area contributed by atoms with Crippen LogP contribution >= 0.6 is 22.7 Å². The standard InChI is InChI=1S/C47H60N8O8S.C46H65F2N7O9S2/c1-12-28-22-47(28,43(59)60)53-41(57)36-20-31(63-37-21-34(35-24-64-45(50-35)48-26(4)5)49-33-19-30(62-11)17-18-32(33)37)23-55(36)42(58)40(46(6,7)8)52-44(61)51-38(25(2)3)39(56)27-13-15-29(16-14-27)54(9)10;1-27(2)49-43-52-34(25-65-43)32-22-36(30-15-14-28(63-7)20-31(30)50-32)64-29-21-35(39(56)51-33(41(58)59)23-37(47)48)55(24-29)40(57)38(45(6)16-10-8-11-17-45)53-42(60)54-46(18-12-9-13-19-46)26-66(61,62)44(3,4)5/h12-19,21,24-26,28,31,36,38,40H,1,20,22-23H2,2-11H3,(H,48,50)(H,53,57)(H,59,60)(H2,51,52,61);14-15,20,22,25,27,29,33,35,37-38H,8-13,16-19,21,23-24,26H2,1-7H3,(H,49,52)(H,51,56)(H,58,59)(H2,53,54,60)/t28?,31-,36+,38+,40-,47-;29-,33+,35+,38-/m11/s1. The highest BCUT2D eigenvalue weighted by molar-refractivity contribution is 7.92. The smallest absolute Gasteiger partial charge is 0.330 e. The first-order chi connectivity index (χ1) is 61.2. The van der Waals surface area contributed by atoms with E-state index in [2.05, 4.69) is 49.1 Å². The summed E-state index contributed by atoms with van der Waals surface area (Å²) in [5, 5.41) is 49.6. The van der Waals surface area contributed by atoms with Crippen LogP contribution in [0.5, 0.6) is 23.0 Å². The van der Waals surface area contributed by atoms with Gasteiger partial charge >= 0.3 is 24.0 Å². The Hall–Kier alpha value is -11.1. The van der Waals surface area contributed by atoms with Gasteiger partial charge in [-0.3, -0.25) is 24.0 Å². The van der Waals surface area contributed by atoms with Gasteiger partial charge in [-0.2, -0.15) is 0 Å². The summed E-state index contributed by atoms with van der Waals surface area (Å²) in [6.45, 7) is 27.3. The fourth-order valence-corrected chi connectivity index (χ4v) is 20.4. The average molecular weight is 1860 g/mol. The monoisotopic (exact) mass is 1860 g/mol. The van der Waals surface area contributed by atoms with Gasteiger partial charge in [0.25, 0.3) is 0 Å². The molecule has 2 saturated heterocycles. The predicted octanol–water partition coefficient (Wildman–Crippen LogP) is 13.7. The van der Waals surface area contributed by atoms with Gasteiger partial charge in [-0.15, -0.1) is 29.3 Å². The van der Waals surface area contributed by atoms with E-state index in [1.54, 1.807) is 103 Å². The number of aromatic nitrogens is 4. The first-order valence-electron chi connectivity index (χ1n) is 44.2. The van der Waals surface area contributed by atoms with Crippen LogP contribution in [0.2, 0.25) is 0 Å². The minimum Gasteiger partial charge on any atom is -0.497 e. The molecule has 1 unspecified atom stereocenters. The number of hydrogen-bond donors (Lipinski definition) is 10. The van der Waals surface area contributed by atoms with Crippen LogP contribution < -0.4 is 66.4 Å². The lowest BCUT2D eigenvalue weighted by atomic mass is 9.70. The number of halogens is 2. The number of sulfone groups is 1. The maximum Gasteiger partial charge on any atom is 0.330 e. The zero-order valence-electron chi connectivity index (χ0n) is 77.0. The van der Waals surface area contributed by atoms with Crippen LogP contribution in [0, 0.1) is 22.7 Å². The first-order valence-corrected chi connectivity index (χ1v) is 47.6. The van der Waals surface area contributed by atoms with Crippen LogP contribution in [0.3, 0.4) is 0 Å². The van der Waals surface area contributed by atoms with E-state index in [9.17, 15) is 65.8 Å². The molecule has 2 aliphatic heterocycles. The van der Waals surface area contributed by atoms with Crippen molar-refractivity contribution in [2.45, 2.75) is 263 Å². The van der Waals surface area contributed by atoms with Crippen LogP contribution in [0.15, 0.2) is 96.2 Å². The van der Waals surface area contributed by atoms with Gasteiger partial charge in [-0.25, -0.2) is 56.3 Å². The second kappa shape index (κ2) is 41.2. The maximum atomic E-state index is 15.3. The third kappa shape index (κ3) is 23.8. The largest absolute Gasteiger partial charge is 0.497 e. The molecule has 10 atom stereocenters. The Morgan fingerprint density at radius 3 is 1.57 bits per heavy atom. The number of fused-ring (bicyclic) bond motifs is 2. The molecular formula is C93H125F2N15O17S3. The quantitative estimate of drug-likeness (QED) is 0.0132. The number of carboxylic acids is 2. The summed E-state index contributed by atoms with van der Waals surface area (Å²) in [5.74, 6) is -5.21. The van der Waals surface area contributed by atoms with E-state index in [1.807, 2.05) is 96.4 Å². The highest BCUT2D eigenvalue weighted by Crippen LogP contribution is 2.47. The molecule has 3 aromatic carbocycles. The number of hydrogen-bond acceptors (Lipinski definition) is 24. The third-order valence-electron chi connectivity index (χ3n) is 24.8. The Morgan fingerprint density at radius 1 is 0.631 bits per heavy atom. The molecule has 0 radical (unpaired) electrons. The summed E-state index contributed by atoms with van der Waals surface area (Å²) >= 11 is 2.85. The second-order valence-electron chi connectivity index (χ2n) is 38.2. The summed E-state index contributed by atoms with van der Waals surface area (Å²) in [6.07, 6.45) is 2.32. The van der Waals surface area contributed by atoms with Gasteiger partial charge < -0.3 is 86.4 Å². The summed E-state index contributed by atoms with van der Waals surface area (Å²) in [7, 11) is 3.21. The molecule has 3 saturated carbocycles. The number of nitrogens with zero attached hydrogens (tertiary/aromatic N) is 7. The number of rotatable bonds is 34. The van der Waals surface area contributed by atoms with Crippen LogP contribution in [0.25, 0.3) is 44.6 Å². The summed E-state index contributed by atoms with van der Waals surface area (Å²) < 4.78 is 77.8. The number of ether oxygens (including phenoxy) is 4. The van der Waals surface area contributed by atoms with Crippen molar-refractivity contribution in [1.82, 2.24) is 61.6 Å². The lowest BCUT2D eigenvalue weighted by Crippen LogP contribution is -2.64. The lowest BCUT2D eigenvalue weighted by Gasteiger charge is -2.44. The van der Waals surface area contributed by atoms with E-state index in [-0.39, 0.29) is 61.9 Å². The maximum absolute atomic E-state index is 15.3. The van der Waals surface area contributed by atoms with Gasteiger partial charge in [0.05, 0.1) is 71.8 Å². The number of methoxy groups -OCH3 is 2. The molecule has 4 aromatic heterocycles. The molecule has 8 amide bonds. The van der Waals surface area contributed by atoms with Gasteiger partial charge in [0.2, 0.25) is 30.1 Å². The number of nitrogens with one attached hydrogen (secondary N) is 8. The number of likely N-dealkylation sites (tertiary alicyclic amines) is 2. The topological polar surface area (TPSA) is 423 Å². The van der Waals surface area contributed by atoms with E-state index in [0.29, 0.717) is 117 Å². The number of carbonyl (C=O) groups is 9. The molecule has 5 fully saturated rings. The number of thiazole rings is 2. The molecule has 0 bridgehead atoms. The minimum absolute atomic E-state index is 0.0000865. The van der Waals surface area contributed by atoms with Crippen molar-refractivity contribution >= 4 is 124 Å². The Balaban J connectivity index is 0.000000251. The van der Waals surface area contributed by atoms with Crippen LogP contribution in [-0.2, 0) is 38.6 Å². The number of anilines is 3. The SMILES string of the molecule is C=CC1C[C@]1(NC(=O)[C@@H]1C[C@@H](Oc2cc(-c3csc(NC(C)C)n3)nc3cc(OC)ccc23)CN1C(=O)[C@@H](NC(=O)N[C@H](C(=O)c1ccc(N(C)C)cc1)C(C)C)C(C)(C)C)C(=O)O.COc1ccc2c(O[C@@H]3C[C@@H](C(=O)N[C@@H](CC(F)F)C(=O)O)N(C(=O)[C@@H](NC(=O)NC4(CS(=O)(=O)C(C)(C)C)CCCCC4)C4(C)CCCCC4)C3)cc(-c3csc(NC(C)C)n3)nc2c1. The Morgan fingerprint density at radius 2 is 1.13 bits per heavy atom. The molecule has 7 aromatic rings. The molecule has 0 spiro atoms. The number of ketones is 1. The van der Waals surface area contributed by atoms with Gasteiger partial charge in [0.15, 0.2) is 25.9 Å². The summed E-state index contributed by atoms with van der Waals surface area (Å²) in [5.41, 5.74) is 0.247. The number of carboxylic acid groups (broad SMARTS) is 2. The molecule has 6 heterocycles. The van der Waals surface area contributed by atoms with Gasteiger partial charge in [-0.05, 0) is 146 Å². The zero-order chi connectivity index (χ0) is 95.0. The number of benzene rings is 3. The van der Waals surface area contributed by atoms with E-state index in [0.717, 1.165) is 36.5 Å². The van der Waals surface area contributed by atoms with Crippen molar-refractivity contribution in [2.24, 2.45) is 22.7 Å². The molecule has 130 heavy (non-hydrogen) atoms. The van der Waals surface area contributed by atoms with Crippen LogP contribution in [-0.4, -0.2) is 232 Å². The molecule has 37 heteroatoms. The van der Waals surface area contributed by atoms with Crippen LogP contribution in [0.1, 0.15) is 190 Å². The molecular weight excluding hydrogens is 1730 g/mol. The normalized spacial score (nSPS) is 20.5. The van der Waals surface area contributed by atoms with E-state index < -0.39 is 151 Å². The van der Waals surface area contributed by atoms with E-state index in [1.165, 1.54) is 45.7 Å². The van der Waals surface area contributed by atoms with E-state index >= 15 is 4.79 Å². The molecule has 12 rings (SSSR count). The number of aliphatic carboxylic acids is 2. The first kappa shape index (κ1) is 99.5. The van der Waals surface area contributed by atoms with Crippen molar-refractivity contribution in [1.29, 1.82) is 0 Å². The number of amides is 8. The van der Waals surface area contributed by atoms with Crippen molar-refractivity contribution in [2.75, 3.05) is 62.7 Å². The highest BCUT2D eigenvalue weighted by atomic mass is 32.2. The Kier molecular flexibility index (Phi) is 31.5. The number of pyridine rings is 2. The molecule has 706 valence electrons. The third-order valence-corrected chi connectivity index (χ3v) is 29.1. The van der Waals surface area contributed by atoms with Crippen molar-refractivity contribution in [3.63, 3.8) is 0 Å². The molecule has 3 aliphatic carbocycles. The number of Topliss-reactive ketones (excluding diaryl/α,β-unsaturated/α-hetero) is 1. The minimum atomic E-state index is -3.68. The molecule has 5 aliphatic rings. The highest BCUT2D eigenvalue weighted by Gasteiger charge is 2.62. The Labute approximate surface area is 766 Å². The second-order valence-corrected chi connectivity index (χ2v) is 42.6. The lowest BCUT2D eigenvalue weighted by molar-refractivity contribution is -0.146. The van der Waals surface area contributed by atoms with Crippen molar-refractivity contribution in [3.8, 4) is 45.8 Å². The summed E-state index contributed by atoms with van der Waals surface area (Å²) in [6, 6.07) is 12.2. The van der Waals surface area contributed by atoms with Crippen molar-refractivity contribution < 1.29 is 89.5 Å². The fraction of sp³-hybridized carbons (Fsp3) is 0.559. The molecule has 10 N–H and O–H groups in total. The molecule has 32 nitrogen and oxygen atoms in total. The predicted molar refractivity (Wildman–Crippen MR) is 497 cm³/mol. The number of urea groups is 2. The van der Waals surface area contributed by atoms with Crippen LogP contribution in [0.4, 0.5) is 34.3 Å². The number of carbonyl (C=O) groups excluding carboxylic acids is 7. The fourth-order valence-electron chi connectivity index (χ4n) is 17.2. The summed E-state index contributed by atoms with van der Waals surface area (Å²) in [4.78, 5) is 149. The van der Waals surface area contributed by atoms with Crippen molar-refractivity contribution in [3.05, 3.63) is 102 Å². The Bertz CT molecular complexity index is 5410. The van der Waals surface area contributed by atoms with Gasteiger partial charge in [0.1, 0.15) is 82.3 Å². The average Bonchev–Trinajstić information content (AvgIpc) is 1.58. The zero-order valence-corrected chi connectivity index (χ0v) is 79.5. The number of alkyl halides is 2. The van der Waals surface area contributed by atoms with Gasteiger partial charge in [-0.1, -0.05) is 86.1 Å².